The van der Waals surface area contributed by atoms with E-state index in [-0.39, 0.29) is 6.04 Å². The minimum atomic E-state index is 0.205. The fraction of sp³-hybridized carbons (Fsp3) is 0.143. The second-order valence-corrected chi connectivity index (χ2v) is 4.16. The molecule has 0 heterocycles. The second kappa shape index (κ2) is 5.04. The number of para-hydroxylation sites is 1. The molecule has 1 nitrogen and oxygen atoms in total. The number of hydrogen-bond acceptors (Lipinski definition) is 1. The summed E-state index contributed by atoms with van der Waals surface area (Å²) in [5.41, 5.74) is 2.22. The summed E-state index contributed by atoms with van der Waals surface area (Å²) >= 11 is 6.15. The van der Waals surface area contributed by atoms with Gasteiger partial charge in [-0.15, -0.1) is 0 Å². The van der Waals surface area contributed by atoms with E-state index in [9.17, 15) is 0 Å². The molecule has 0 amide bonds. The lowest BCUT2D eigenvalue weighted by Gasteiger charge is -2.16. The molecule has 1 atom stereocenters. The van der Waals surface area contributed by atoms with Gasteiger partial charge in [-0.05, 0) is 30.7 Å². The number of hydrogen-bond donors (Lipinski definition) is 1. The van der Waals surface area contributed by atoms with Crippen LogP contribution in [0.5, 0.6) is 0 Å². The van der Waals surface area contributed by atoms with Crippen molar-refractivity contribution < 1.29 is 0 Å². The molecule has 2 rings (SSSR count). The zero-order valence-corrected chi connectivity index (χ0v) is 9.91. The van der Waals surface area contributed by atoms with Crippen LogP contribution in [0.15, 0.2) is 54.6 Å². The monoisotopic (exact) mass is 231 g/mol. The highest BCUT2D eigenvalue weighted by atomic mass is 35.5. The van der Waals surface area contributed by atoms with Crippen LogP contribution in [0.1, 0.15) is 18.5 Å². The molecule has 0 saturated heterocycles. The van der Waals surface area contributed by atoms with Crippen LogP contribution in [0.3, 0.4) is 0 Å². The Morgan fingerprint density at radius 3 is 2.25 bits per heavy atom. The molecule has 2 aromatic carbocycles. The van der Waals surface area contributed by atoms with E-state index in [1.165, 1.54) is 0 Å². The molecule has 0 aliphatic heterocycles. The lowest BCUT2D eigenvalue weighted by atomic mass is 10.1. The van der Waals surface area contributed by atoms with Crippen molar-refractivity contribution in [2.45, 2.75) is 13.0 Å². The summed E-state index contributed by atoms with van der Waals surface area (Å²) in [6, 6.07) is 18.3. The smallest absolute Gasteiger partial charge is 0.0500 e. The van der Waals surface area contributed by atoms with E-state index in [1.54, 1.807) is 0 Å². The third-order valence-corrected chi connectivity index (χ3v) is 2.87. The van der Waals surface area contributed by atoms with E-state index in [0.717, 1.165) is 16.3 Å². The molecule has 1 N–H and O–H groups in total. The second-order valence-electron chi connectivity index (χ2n) is 3.75. The highest BCUT2D eigenvalue weighted by Gasteiger charge is 2.07. The minimum Gasteiger partial charge on any atom is -0.378 e. The Hall–Kier alpha value is -1.47. The SMILES string of the molecule is CC(Nc1ccccc1)c1ccccc1Cl. The molecule has 16 heavy (non-hydrogen) atoms. The lowest BCUT2D eigenvalue weighted by Crippen LogP contribution is -2.06. The Balaban J connectivity index is 2.15. The maximum Gasteiger partial charge on any atom is 0.0500 e. The van der Waals surface area contributed by atoms with E-state index in [0.29, 0.717) is 0 Å². The van der Waals surface area contributed by atoms with Gasteiger partial charge in [-0.25, -0.2) is 0 Å². The number of rotatable bonds is 3. The van der Waals surface area contributed by atoms with Crippen LogP contribution in [0, 0.1) is 0 Å². The summed E-state index contributed by atoms with van der Waals surface area (Å²) in [5.74, 6) is 0. The van der Waals surface area contributed by atoms with Gasteiger partial charge in [0.1, 0.15) is 0 Å². The van der Waals surface area contributed by atoms with E-state index >= 15 is 0 Å². The maximum absolute atomic E-state index is 6.15. The highest BCUT2D eigenvalue weighted by Crippen LogP contribution is 2.25. The van der Waals surface area contributed by atoms with Gasteiger partial charge < -0.3 is 5.32 Å². The van der Waals surface area contributed by atoms with Gasteiger partial charge in [-0.2, -0.15) is 0 Å². The molecule has 0 bridgehead atoms. The average Bonchev–Trinajstić information content (AvgIpc) is 2.31. The van der Waals surface area contributed by atoms with Gasteiger partial charge in [0, 0.05) is 16.8 Å². The molecule has 0 aliphatic rings. The van der Waals surface area contributed by atoms with E-state index in [2.05, 4.69) is 12.2 Å². The van der Waals surface area contributed by atoms with Crippen LogP contribution in [-0.4, -0.2) is 0 Å². The molecule has 0 aromatic heterocycles. The van der Waals surface area contributed by atoms with Gasteiger partial charge in [0.25, 0.3) is 0 Å². The summed E-state index contributed by atoms with van der Waals surface area (Å²) < 4.78 is 0. The Labute approximate surface area is 101 Å². The topological polar surface area (TPSA) is 12.0 Å². The molecule has 0 saturated carbocycles. The minimum absolute atomic E-state index is 0.205. The third-order valence-electron chi connectivity index (χ3n) is 2.53. The predicted octanol–water partition coefficient (Wildman–Crippen LogP) is 4.51. The summed E-state index contributed by atoms with van der Waals surface area (Å²) in [6.45, 7) is 2.11. The number of anilines is 1. The zero-order valence-electron chi connectivity index (χ0n) is 9.15. The van der Waals surface area contributed by atoms with Crippen LogP contribution in [0.2, 0.25) is 5.02 Å². The van der Waals surface area contributed by atoms with Gasteiger partial charge in [0.15, 0.2) is 0 Å². The first-order chi connectivity index (χ1) is 7.77. The normalized spacial score (nSPS) is 12.1. The Morgan fingerprint density at radius 1 is 0.938 bits per heavy atom. The van der Waals surface area contributed by atoms with Gasteiger partial charge in [-0.3, -0.25) is 0 Å². The van der Waals surface area contributed by atoms with Crippen molar-refractivity contribution in [2.75, 3.05) is 5.32 Å². The number of benzene rings is 2. The molecule has 0 spiro atoms. The Kier molecular flexibility index (Phi) is 3.47. The molecule has 1 unspecified atom stereocenters. The molecule has 0 radical (unpaired) electrons. The van der Waals surface area contributed by atoms with Crippen molar-refractivity contribution in [1.29, 1.82) is 0 Å². The van der Waals surface area contributed by atoms with Gasteiger partial charge >= 0.3 is 0 Å². The van der Waals surface area contributed by atoms with Crippen molar-refractivity contribution in [2.24, 2.45) is 0 Å². The third kappa shape index (κ3) is 2.56. The first-order valence-electron chi connectivity index (χ1n) is 5.33. The molecule has 0 aliphatic carbocycles. The van der Waals surface area contributed by atoms with Crippen LogP contribution in [0.4, 0.5) is 5.69 Å². The van der Waals surface area contributed by atoms with E-state index in [4.69, 9.17) is 11.6 Å². The summed E-state index contributed by atoms with van der Waals surface area (Å²) in [7, 11) is 0. The van der Waals surface area contributed by atoms with Gasteiger partial charge in [-0.1, -0.05) is 48.0 Å². The Morgan fingerprint density at radius 2 is 1.56 bits per heavy atom. The first kappa shape index (κ1) is 11.0. The van der Waals surface area contributed by atoms with Crippen molar-refractivity contribution in [3.63, 3.8) is 0 Å². The molecule has 2 heteroatoms. The van der Waals surface area contributed by atoms with Crippen molar-refractivity contribution in [3.8, 4) is 0 Å². The van der Waals surface area contributed by atoms with Gasteiger partial charge in [0.05, 0.1) is 0 Å². The summed E-state index contributed by atoms with van der Waals surface area (Å²) in [6.07, 6.45) is 0. The molecule has 82 valence electrons. The maximum atomic E-state index is 6.15. The van der Waals surface area contributed by atoms with E-state index in [1.807, 2.05) is 54.6 Å². The molecular formula is C14H14ClN. The van der Waals surface area contributed by atoms with Crippen molar-refractivity contribution in [3.05, 3.63) is 65.2 Å². The largest absolute Gasteiger partial charge is 0.378 e. The average molecular weight is 232 g/mol. The van der Waals surface area contributed by atoms with Crippen LogP contribution in [0.25, 0.3) is 0 Å². The summed E-state index contributed by atoms with van der Waals surface area (Å²) in [4.78, 5) is 0. The molecule has 2 aromatic rings. The quantitative estimate of drug-likeness (QED) is 0.820. The molecule has 0 fully saturated rings. The van der Waals surface area contributed by atoms with E-state index < -0.39 is 0 Å². The summed E-state index contributed by atoms with van der Waals surface area (Å²) in [5, 5.41) is 4.22. The van der Waals surface area contributed by atoms with Crippen LogP contribution < -0.4 is 5.32 Å². The molecular weight excluding hydrogens is 218 g/mol. The van der Waals surface area contributed by atoms with Crippen molar-refractivity contribution >= 4 is 17.3 Å². The fourth-order valence-electron chi connectivity index (χ4n) is 1.69. The highest BCUT2D eigenvalue weighted by molar-refractivity contribution is 6.31. The fourth-order valence-corrected chi connectivity index (χ4v) is 1.99. The predicted molar refractivity (Wildman–Crippen MR) is 69.9 cm³/mol. The van der Waals surface area contributed by atoms with Crippen LogP contribution in [-0.2, 0) is 0 Å². The number of nitrogens with one attached hydrogen (secondary N) is 1. The van der Waals surface area contributed by atoms with Crippen molar-refractivity contribution in [1.82, 2.24) is 0 Å². The standard InChI is InChI=1S/C14H14ClN/c1-11(13-9-5-6-10-14(13)15)16-12-7-3-2-4-8-12/h2-11,16H,1H3. The Bertz CT molecular complexity index is 453. The van der Waals surface area contributed by atoms with Crippen LogP contribution >= 0.6 is 11.6 Å². The lowest BCUT2D eigenvalue weighted by molar-refractivity contribution is 0.885. The first-order valence-corrected chi connectivity index (χ1v) is 5.71. The van der Waals surface area contributed by atoms with Gasteiger partial charge in [0.2, 0.25) is 0 Å². The number of halogens is 1. The zero-order chi connectivity index (χ0) is 11.4.